The minimum absolute atomic E-state index is 0.0199. The van der Waals surface area contributed by atoms with Crippen LogP contribution in [0, 0.1) is 11.6 Å². The molecule has 4 aromatic carbocycles. The van der Waals surface area contributed by atoms with Gasteiger partial charge in [0.1, 0.15) is 17.4 Å². The van der Waals surface area contributed by atoms with Crippen molar-refractivity contribution < 1.29 is 33.0 Å². The van der Waals surface area contributed by atoms with Gasteiger partial charge in [0, 0.05) is 36.3 Å². The summed E-state index contributed by atoms with van der Waals surface area (Å²) in [5.74, 6) is -2.88. The molecule has 0 fully saturated rings. The summed E-state index contributed by atoms with van der Waals surface area (Å²) < 4.78 is 33.6. The lowest BCUT2D eigenvalue weighted by molar-refractivity contribution is -0.137. The van der Waals surface area contributed by atoms with E-state index < -0.39 is 29.4 Å². The predicted molar refractivity (Wildman–Crippen MR) is 154 cm³/mol. The smallest absolute Gasteiger partial charge is 0.305 e. The summed E-state index contributed by atoms with van der Waals surface area (Å²) in [4.78, 5) is 40.0. The summed E-state index contributed by atoms with van der Waals surface area (Å²) >= 11 is 0. The molecule has 0 aliphatic heterocycles. The Balaban J connectivity index is 1.63. The van der Waals surface area contributed by atoms with Crippen LogP contribution in [0.3, 0.4) is 0 Å². The molecule has 4 rings (SSSR count). The van der Waals surface area contributed by atoms with Crippen LogP contribution in [-0.2, 0) is 17.8 Å². The van der Waals surface area contributed by atoms with E-state index in [1.54, 1.807) is 55.6 Å². The zero-order valence-corrected chi connectivity index (χ0v) is 23.0. The number of benzene rings is 4. The van der Waals surface area contributed by atoms with Crippen LogP contribution >= 0.6 is 0 Å². The Labute approximate surface area is 242 Å². The second-order valence-corrected chi connectivity index (χ2v) is 9.47. The number of carbonyl (C=O) groups excluding carboxylic acids is 2. The molecule has 2 N–H and O–H groups in total. The summed E-state index contributed by atoms with van der Waals surface area (Å²) in [6.45, 7) is -0.149. The molecule has 0 aromatic heterocycles. The second kappa shape index (κ2) is 14.0. The molecule has 216 valence electrons. The van der Waals surface area contributed by atoms with Crippen molar-refractivity contribution in [1.82, 2.24) is 10.2 Å². The summed E-state index contributed by atoms with van der Waals surface area (Å²) in [6.07, 6.45) is 0.189. The van der Waals surface area contributed by atoms with Gasteiger partial charge in [-0.1, -0.05) is 60.7 Å². The van der Waals surface area contributed by atoms with Gasteiger partial charge in [0.15, 0.2) is 0 Å². The molecule has 4 aromatic rings. The highest BCUT2D eigenvalue weighted by Crippen LogP contribution is 2.29. The van der Waals surface area contributed by atoms with Gasteiger partial charge in [0.2, 0.25) is 0 Å². The molecular weight excluding hydrogens is 542 g/mol. The number of amides is 2. The standard InChI is InChI=1S/C33H30F2N2O5/c1-42-30-16-7-2-9-22(30)17-19-37(20-18-31(38)39)33(41)26-13-6-4-11-24(26)23-10-3-5-12-25(23)32(40)36-21-27-28(34)14-8-15-29(27)35/h2-16H,17-21H2,1H3,(H,36,40)(H,38,39). The van der Waals surface area contributed by atoms with E-state index in [0.29, 0.717) is 23.3 Å². The number of hydrogen-bond donors (Lipinski definition) is 2. The highest BCUT2D eigenvalue weighted by Gasteiger charge is 2.23. The molecule has 0 saturated heterocycles. The van der Waals surface area contributed by atoms with Gasteiger partial charge >= 0.3 is 5.97 Å². The molecular formula is C33H30F2N2O5. The van der Waals surface area contributed by atoms with Gasteiger partial charge in [0.05, 0.1) is 13.5 Å². The maximum atomic E-state index is 14.1. The van der Waals surface area contributed by atoms with E-state index in [9.17, 15) is 28.3 Å². The van der Waals surface area contributed by atoms with E-state index in [2.05, 4.69) is 5.32 Å². The fourth-order valence-electron chi connectivity index (χ4n) is 4.67. The summed E-state index contributed by atoms with van der Waals surface area (Å²) in [5.41, 5.74) is 2.00. The number of rotatable bonds is 12. The number of halogens is 2. The average Bonchev–Trinajstić information content (AvgIpc) is 3.00. The zero-order chi connectivity index (χ0) is 30.1. The third-order valence-electron chi connectivity index (χ3n) is 6.83. The van der Waals surface area contributed by atoms with Crippen molar-refractivity contribution in [1.29, 1.82) is 0 Å². The van der Waals surface area contributed by atoms with Gasteiger partial charge in [-0.05, 0) is 53.4 Å². The molecule has 0 spiro atoms. The van der Waals surface area contributed by atoms with Crippen molar-refractivity contribution in [2.45, 2.75) is 19.4 Å². The van der Waals surface area contributed by atoms with Crippen molar-refractivity contribution in [2.75, 3.05) is 20.2 Å². The molecule has 9 heteroatoms. The number of nitrogens with zero attached hydrogens (tertiary/aromatic N) is 1. The van der Waals surface area contributed by atoms with E-state index in [4.69, 9.17) is 4.74 Å². The van der Waals surface area contributed by atoms with E-state index in [1.807, 2.05) is 24.3 Å². The summed E-state index contributed by atoms with van der Waals surface area (Å²) in [6, 6.07) is 24.2. The minimum Gasteiger partial charge on any atom is -0.496 e. The van der Waals surface area contributed by atoms with E-state index >= 15 is 0 Å². The lowest BCUT2D eigenvalue weighted by Gasteiger charge is -2.24. The molecule has 0 heterocycles. The SMILES string of the molecule is COc1ccccc1CCN(CCC(=O)O)C(=O)c1ccccc1-c1ccccc1C(=O)NCc1c(F)cccc1F. The fourth-order valence-corrected chi connectivity index (χ4v) is 4.67. The van der Waals surface area contributed by atoms with Crippen molar-refractivity contribution in [2.24, 2.45) is 0 Å². The molecule has 42 heavy (non-hydrogen) atoms. The first-order valence-corrected chi connectivity index (χ1v) is 13.3. The van der Waals surface area contributed by atoms with Crippen molar-refractivity contribution >= 4 is 17.8 Å². The highest BCUT2D eigenvalue weighted by atomic mass is 19.1. The van der Waals surface area contributed by atoms with Crippen LogP contribution < -0.4 is 10.1 Å². The van der Waals surface area contributed by atoms with Crippen LogP contribution in [0.1, 0.15) is 38.3 Å². The Kier molecular flexibility index (Phi) is 9.99. The maximum Gasteiger partial charge on any atom is 0.305 e. The normalized spacial score (nSPS) is 10.6. The molecule has 0 aliphatic rings. The Bertz CT molecular complexity index is 1570. The lowest BCUT2D eigenvalue weighted by Crippen LogP contribution is -2.35. The van der Waals surface area contributed by atoms with Crippen LogP contribution in [-0.4, -0.2) is 48.0 Å². The third kappa shape index (κ3) is 7.17. The Morgan fingerprint density at radius 1 is 0.786 bits per heavy atom. The lowest BCUT2D eigenvalue weighted by atomic mass is 9.94. The Morgan fingerprint density at radius 3 is 2.05 bits per heavy atom. The number of hydrogen-bond acceptors (Lipinski definition) is 4. The van der Waals surface area contributed by atoms with Crippen LogP contribution in [0.5, 0.6) is 5.75 Å². The van der Waals surface area contributed by atoms with Crippen molar-refractivity contribution in [3.63, 3.8) is 0 Å². The van der Waals surface area contributed by atoms with Gasteiger partial charge in [0.25, 0.3) is 11.8 Å². The number of carbonyl (C=O) groups is 3. The third-order valence-corrected chi connectivity index (χ3v) is 6.83. The zero-order valence-electron chi connectivity index (χ0n) is 23.0. The van der Waals surface area contributed by atoms with Gasteiger partial charge in [-0.15, -0.1) is 0 Å². The minimum atomic E-state index is -1.04. The van der Waals surface area contributed by atoms with Gasteiger partial charge < -0.3 is 20.1 Å². The first-order valence-electron chi connectivity index (χ1n) is 13.3. The maximum absolute atomic E-state index is 14.1. The Hall–Kier alpha value is -5.05. The molecule has 0 radical (unpaired) electrons. The number of methoxy groups -OCH3 is 1. The second-order valence-electron chi connectivity index (χ2n) is 9.47. The van der Waals surface area contributed by atoms with Gasteiger partial charge in [-0.3, -0.25) is 14.4 Å². The topological polar surface area (TPSA) is 95.9 Å². The molecule has 2 amide bonds. The van der Waals surface area contributed by atoms with Crippen LogP contribution in [0.2, 0.25) is 0 Å². The quantitative estimate of drug-likeness (QED) is 0.226. The molecule has 0 atom stereocenters. The molecule has 0 unspecified atom stereocenters. The number of aliphatic carboxylic acids is 1. The van der Waals surface area contributed by atoms with Crippen LogP contribution in [0.15, 0.2) is 91.0 Å². The largest absolute Gasteiger partial charge is 0.496 e. The first kappa shape index (κ1) is 29.9. The van der Waals surface area contributed by atoms with Crippen molar-refractivity contribution in [3.05, 3.63) is 125 Å². The number of nitrogens with one attached hydrogen (secondary N) is 1. The van der Waals surface area contributed by atoms with Crippen LogP contribution in [0.4, 0.5) is 8.78 Å². The molecule has 0 aliphatic carbocycles. The summed E-state index contributed by atoms with van der Waals surface area (Å²) in [5, 5.41) is 11.9. The monoisotopic (exact) mass is 572 g/mol. The predicted octanol–water partition coefficient (Wildman–Crippen LogP) is 5.73. The average molecular weight is 573 g/mol. The number of para-hydroxylation sites is 1. The van der Waals surface area contributed by atoms with E-state index in [1.165, 1.54) is 11.0 Å². The molecule has 0 saturated carbocycles. The summed E-state index contributed by atoms with van der Waals surface area (Å²) in [7, 11) is 1.56. The number of carboxylic acid groups (broad SMARTS) is 1. The van der Waals surface area contributed by atoms with E-state index in [-0.39, 0.29) is 42.7 Å². The number of carboxylic acids is 1. The van der Waals surface area contributed by atoms with Gasteiger partial charge in [-0.2, -0.15) is 0 Å². The van der Waals surface area contributed by atoms with E-state index in [0.717, 1.165) is 17.7 Å². The molecule has 0 bridgehead atoms. The fraction of sp³-hybridized carbons (Fsp3) is 0.182. The Morgan fingerprint density at radius 2 is 1.38 bits per heavy atom. The first-order chi connectivity index (χ1) is 20.3. The molecule has 7 nitrogen and oxygen atoms in total. The van der Waals surface area contributed by atoms with Gasteiger partial charge in [-0.25, -0.2) is 8.78 Å². The van der Waals surface area contributed by atoms with Crippen LogP contribution in [0.25, 0.3) is 11.1 Å². The van der Waals surface area contributed by atoms with Crippen molar-refractivity contribution in [3.8, 4) is 16.9 Å². The number of ether oxygens (including phenoxy) is 1. The highest BCUT2D eigenvalue weighted by molar-refractivity contribution is 6.06.